The van der Waals surface area contributed by atoms with Gasteiger partial charge in [0.2, 0.25) is 5.95 Å². The van der Waals surface area contributed by atoms with Crippen LogP contribution < -0.4 is 10.2 Å². The average molecular weight is 318 g/mol. The molecule has 2 aromatic heterocycles. The van der Waals surface area contributed by atoms with E-state index in [9.17, 15) is 0 Å². The Kier molecular flexibility index (Phi) is 4.97. The quantitative estimate of drug-likeness (QED) is 0.786. The number of aryl methyl sites for hydroxylation is 1. The van der Waals surface area contributed by atoms with Gasteiger partial charge in [-0.1, -0.05) is 0 Å². The van der Waals surface area contributed by atoms with E-state index in [0.29, 0.717) is 0 Å². The summed E-state index contributed by atoms with van der Waals surface area (Å²) in [6.45, 7) is 7.83. The molecule has 0 atom stereocenters. The van der Waals surface area contributed by atoms with E-state index in [0.717, 1.165) is 74.3 Å². The van der Waals surface area contributed by atoms with E-state index in [-0.39, 0.29) is 0 Å². The highest BCUT2D eigenvalue weighted by atomic mass is 16.5. The highest BCUT2D eigenvalue weighted by molar-refractivity contribution is 5.88. The molecular formula is C16H26N6O. The lowest BCUT2D eigenvalue weighted by molar-refractivity contribution is 0.0378. The molecule has 7 heteroatoms. The SMILES string of the molecule is Cc1cc2c(NCCCN3CCOCC3)nc(N(C)C)nc2[nH]1. The summed E-state index contributed by atoms with van der Waals surface area (Å²) >= 11 is 0. The summed E-state index contributed by atoms with van der Waals surface area (Å²) in [4.78, 5) is 16.9. The van der Waals surface area contributed by atoms with E-state index in [1.807, 2.05) is 25.9 Å². The maximum absolute atomic E-state index is 5.38. The molecule has 2 aromatic rings. The number of morpholine rings is 1. The first-order valence-electron chi connectivity index (χ1n) is 8.22. The van der Waals surface area contributed by atoms with Crippen LogP contribution in [0, 0.1) is 6.92 Å². The van der Waals surface area contributed by atoms with Crippen molar-refractivity contribution in [2.24, 2.45) is 0 Å². The Hall–Kier alpha value is -1.86. The maximum atomic E-state index is 5.38. The second-order valence-corrected chi connectivity index (χ2v) is 6.22. The standard InChI is InChI=1S/C16H26N6O/c1-12-11-13-14(19-16(21(2)3)20-15(13)18-12)17-5-4-6-22-7-9-23-10-8-22/h11H,4-10H2,1-3H3,(H2,17,18,19,20). The molecule has 7 nitrogen and oxygen atoms in total. The van der Waals surface area contributed by atoms with Gasteiger partial charge in [-0.3, -0.25) is 4.90 Å². The number of hydrogen-bond donors (Lipinski definition) is 2. The van der Waals surface area contributed by atoms with E-state index < -0.39 is 0 Å². The fraction of sp³-hybridized carbons (Fsp3) is 0.625. The second kappa shape index (κ2) is 7.14. The zero-order chi connectivity index (χ0) is 16.2. The number of rotatable bonds is 6. The minimum atomic E-state index is 0.718. The average Bonchev–Trinajstić information content (AvgIpc) is 2.92. The fourth-order valence-electron chi connectivity index (χ4n) is 2.80. The van der Waals surface area contributed by atoms with Gasteiger partial charge in [-0.25, -0.2) is 0 Å². The number of anilines is 2. The first-order chi connectivity index (χ1) is 11.1. The molecule has 0 amide bonds. The lowest BCUT2D eigenvalue weighted by Gasteiger charge is -2.26. The number of nitrogens with zero attached hydrogens (tertiary/aromatic N) is 4. The van der Waals surface area contributed by atoms with Crippen molar-refractivity contribution in [1.29, 1.82) is 0 Å². The summed E-state index contributed by atoms with van der Waals surface area (Å²) in [6.07, 6.45) is 1.09. The molecule has 1 aliphatic rings. The van der Waals surface area contributed by atoms with E-state index in [2.05, 4.69) is 31.2 Å². The molecule has 0 spiro atoms. The Labute approximate surface area is 137 Å². The number of aromatic nitrogens is 3. The maximum Gasteiger partial charge on any atom is 0.228 e. The molecule has 2 N–H and O–H groups in total. The Morgan fingerprint density at radius 1 is 1.30 bits per heavy atom. The molecule has 3 heterocycles. The lowest BCUT2D eigenvalue weighted by Crippen LogP contribution is -2.37. The topological polar surface area (TPSA) is 69.3 Å². The van der Waals surface area contributed by atoms with Crippen molar-refractivity contribution in [2.45, 2.75) is 13.3 Å². The molecule has 126 valence electrons. The first kappa shape index (κ1) is 16.0. The summed E-state index contributed by atoms with van der Waals surface area (Å²) in [6, 6.07) is 2.10. The first-order valence-corrected chi connectivity index (χ1v) is 8.22. The lowest BCUT2D eigenvalue weighted by atomic mass is 10.3. The van der Waals surface area contributed by atoms with Crippen LogP contribution in [0.3, 0.4) is 0 Å². The van der Waals surface area contributed by atoms with Crippen molar-refractivity contribution in [3.8, 4) is 0 Å². The monoisotopic (exact) mass is 318 g/mol. The van der Waals surface area contributed by atoms with Crippen LogP contribution in [-0.2, 0) is 4.74 Å². The van der Waals surface area contributed by atoms with Crippen molar-refractivity contribution >= 4 is 22.8 Å². The van der Waals surface area contributed by atoms with Crippen molar-refractivity contribution in [3.63, 3.8) is 0 Å². The number of aromatic amines is 1. The van der Waals surface area contributed by atoms with Crippen LogP contribution in [0.4, 0.5) is 11.8 Å². The van der Waals surface area contributed by atoms with Crippen molar-refractivity contribution in [2.75, 3.05) is 63.7 Å². The Morgan fingerprint density at radius 3 is 2.83 bits per heavy atom. The molecule has 23 heavy (non-hydrogen) atoms. The van der Waals surface area contributed by atoms with Gasteiger partial charge in [-0.05, 0) is 26.0 Å². The third-order valence-electron chi connectivity index (χ3n) is 4.06. The van der Waals surface area contributed by atoms with E-state index in [1.165, 1.54) is 0 Å². The number of H-pyrrole nitrogens is 1. The van der Waals surface area contributed by atoms with Gasteiger partial charge >= 0.3 is 0 Å². The number of ether oxygens (including phenoxy) is 1. The molecule has 1 aliphatic heterocycles. The van der Waals surface area contributed by atoms with Crippen LogP contribution in [0.25, 0.3) is 11.0 Å². The van der Waals surface area contributed by atoms with Gasteiger partial charge in [-0.15, -0.1) is 0 Å². The molecule has 0 aromatic carbocycles. The van der Waals surface area contributed by atoms with Gasteiger partial charge < -0.3 is 19.9 Å². The van der Waals surface area contributed by atoms with Gasteiger partial charge in [0.25, 0.3) is 0 Å². The van der Waals surface area contributed by atoms with E-state index in [1.54, 1.807) is 0 Å². The summed E-state index contributed by atoms with van der Waals surface area (Å²) < 4.78 is 5.38. The van der Waals surface area contributed by atoms with Crippen LogP contribution in [0.1, 0.15) is 12.1 Å². The Morgan fingerprint density at radius 2 is 2.09 bits per heavy atom. The van der Waals surface area contributed by atoms with Crippen molar-refractivity contribution in [3.05, 3.63) is 11.8 Å². The van der Waals surface area contributed by atoms with Gasteiger partial charge in [-0.2, -0.15) is 9.97 Å². The molecule has 3 rings (SSSR count). The van der Waals surface area contributed by atoms with Crippen LogP contribution in [0.2, 0.25) is 0 Å². The molecule has 0 aliphatic carbocycles. The number of hydrogen-bond acceptors (Lipinski definition) is 6. The van der Waals surface area contributed by atoms with Crippen LogP contribution in [-0.4, -0.2) is 73.3 Å². The van der Waals surface area contributed by atoms with Crippen LogP contribution in [0.15, 0.2) is 6.07 Å². The summed E-state index contributed by atoms with van der Waals surface area (Å²) in [7, 11) is 3.92. The fourth-order valence-corrected chi connectivity index (χ4v) is 2.80. The summed E-state index contributed by atoms with van der Waals surface area (Å²) in [5.41, 5.74) is 1.98. The normalized spacial score (nSPS) is 16.0. The Bertz CT molecular complexity index is 647. The van der Waals surface area contributed by atoms with Crippen LogP contribution in [0.5, 0.6) is 0 Å². The van der Waals surface area contributed by atoms with Crippen LogP contribution >= 0.6 is 0 Å². The summed E-state index contributed by atoms with van der Waals surface area (Å²) in [5, 5.41) is 4.54. The van der Waals surface area contributed by atoms with Gasteiger partial charge in [0.15, 0.2) is 0 Å². The van der Waals surface area contributed by atoms with Crippen molar-refractivity contribution < 1.29 is 4.74 Å². The number of fused-ring (bicyclic) bond motifs is 1. The summed E-state index contributed by atoms with van der Waals surface area (Å²) in [5.74, 6) is 1.63. The van der Waals surface area contributed by atoms with E-state index >= 15 is 0 Å². The van der Waals surface area contributed by atoms with E-state index in [4.69, 9.17) is 4.74 Å². The predicted octanol–water partition coefficient (Wildman–Crippen LogP) is 1.47. The molecule has 0 saturated carbocycles. The smallest absolute Gasteiger partial charge is 0.228 e. The predicted molar refractivity (Wildman–Crippen MR) is 93.3 cm³/mol. The second-order valence-electron chi connectivity index (χ2n) is 6.22. The highest BCUT2D eigenvalue weighted by Crippen LogP contribution is 2.23. The zero-order valence-corrected chi connectivity index (χ0v) is 14.2. The molecular weight excluding hydrogens is 292 g/mol. The number of nitrogens with one attached hydrogen (secondary N) is 2. The Balaban J connectivity index is 1.64. The molecule has 0 radical (unpaired) electrons. The van der Waals surface area contributed by atoms with Gasteiger partial charge in [0, 0.05) is 39.4 Å². The van der Waals surface area contributed by atoms with Gasteiger partial charge in [0.1, 0.15) is 11.5 Å². The zero-order valence-electron chi connectivity index (χ0n) is 14.2. The van der Waals surface area contributed by atoms with Gasteiger partial charge in [0.05, 0.1) is 18.6 Å². The minimum absolute atomic E-state index is 0.718. The molecule has 1 fully saturated rings. The molecule has 1 saturated heterocycles. The molecule has 0 bridgehead atoms. The molecule has 0 unspecified atom stereocenters. The van der Waals surface area contributed by atoms with Crippen molar-refractivity contribution in [1.82, 2.24) is 19.9 Å². The third kappa shape index (κ3) is 3.92. The minimum Gasteiger partial charge on any atom is -0.379 e. The largest absolute Gasteiger partial charge is 0.379 e. The third-order valence-corrected chi connectivity index (χ3v) is 4.06. The highest BCUT2D eigenvalue weighted by Gasteiger charge is 2.12.